The van der Waals surface area contributed by atoms with Crippen LogP contribution in [0, 0.1) is 0 Å². The molecule has 0 saturated heterocycles. The molecule has 0 aliphatic carbocycles. The molecule has 52 heavy (non-hydrogen) atoms. The van der Waals surface area contributed by atoms with Crippen molar-refractivity contribution in [2.24, 2.45) is 0 Å². The van der Waals surface area contributed by atoms with Gasteiger partial charge in [0, 0.05) is 89.7 Å². The molecule has 274 valence electrons. The smallest absolute Gasteiger partial charge is 0.303 e. The van der Waals surface area contributed by atoms with Gasteiger partial charge in [-0.1, -0.05) is 12.1 Å². The molecule has 0 aliphatic heterocycles. The summed E-state index contributed by atoms with van der Waals surface area (Å²) in [6.07, 6.45) is 11.0. The van der Waals surface area contributed by atoms with Crippen molar-refractivity contribution >= 4 is 23.7 Å². The van der Waals surface area contributed by atoms with E-state index < -0.39 is 5.97 Å². The molecule has 0 fully saturated rings. The summed E-state index contributed by atoms with van der Waals surface area (Å²) in [6.45, 7) is 2.80. The minimum atomic E-state index is -0.928. The first-order valence-electron chi connectivity index (χ1n) is 17.8. The summed E-state index contributed by atoms with van der Waals surface area (Å²) in [7, 11) is 0. The van der Waals surface area contributed by atoms with Crippen LogP contribution in [0.5, 0.6) is 0 Å². The second-order valence-electron chi connectivity index (χ2n) is 12.4. The molecule has 0 spiro atoms. The van der Waals surface area contributed by atoms with Crippen molar-refractivity contribution in [3.8, 4) is 22.8 Å². The lowest BCUT2D eigenvalue weighted by atomic mass is 10.1. The highest BCUT2D eigenvalue weighted by molar-refractivity contribution is 5.77. The van der Waals surface area contributed by atoms with Crippen LogP contribution in [0.1, 0.15) is 56.1 Å². The van der Waals surface area contributed by atoms with Gasteiger partial charge in [0.05, 0.1) is 22.8 Å². The fraction of sp³-hybridized carbons (Fsp3) is 0.385. The Morgan fingerprint density at radius 3 is 1.35 bits per heavy atom. The molecular weight excluding hydrogens is 660 g/mol. The lowest BCUT2D eigenvalue weighted by molar-refractivity contribution is -0.137. The van der Waals surface area contributed by atoms with Gasteiger partial charge in [-0.25, -0.2) is 0 Å². The van der Waals surface area contributed by atoms with Crippen molar-refractivity contribution in [3.63, 3.8) is 0 Å². The molecule has 13 nitrogen and oxygen atoms in total. The van der Waals surface area contributed by atoms with Crippen LogP contribution in [0.2, 0.25) is 0 Å². The third kappa shape index (κ3) is 15.1. The molecule has 0 radical (unpaired) electrons. The van der Waals surface area contributed by atoms with Crippen LogP contribution < -0.4 is 16.0 Å². The van der Waals surface area contributed by atoms with E-state index in [1.54, 1.807) is 24.8 Å². The van der Waals surface area contributed by atoms with Gasteiger partial charge in [0.1, 0.15) is 0 Å². The molecule has 0 atom stereocenters. The first-order chi connectivity index (χ1) is 25.4. The van der Waals surface area contributed by atoms with Crippen LogP contribution >= 0.6 is 0 Å². The van der Waals surface area contributed by atoms with Gasteiger partial charge < -0.3 is 21.1 Å². The Bertz CT molecular complexity index is 1600. The first kappa shape index (κ1) is 39.2. The molecule has 0 saturated carbocycles. The van der Waals surface area contributed by atoms with Crippen molar-refractivity contribution in [1.82, 2.24) is 40.8 Å². The minimum Gasteiger partial charge on any atom is -0.481 e. The Balaban J connectivity index is 1.16. The number of pyridine rings is 4. The fourth-order valence-electron chi connectivity index (χ4n) is 5.54. The maximum Gasteiger partial charge on any atom is 0.303 e. The fourth-order valence-corrected chi connectivity index (χ4v) is 5.54. The molecule has 4 aromatic rings. The SMILES string of the molecule is O=C(O)CCCC(=O)NCCN(CCNC(=O)CCCc1ccnc(-c2ccccn2)c1)CCNC(=O)CCCc1ccnc(-c2ccccn2)c1. The lowest BCUT2D eigenvalue weighted by Gasteiger charge is -2.23. The zero-order valence-corrected chi connectivity index (χ0v) is 29.5. The van der Waals surface area contributed by atoms with E-state index in [1.165, 1.54) is 0 Å². The first-order valence-corrected chi connectivity index (χ1v) is 17.8. The van der Waals surface area contributed by atoms with Crippen LogP contribution in [-0.2, 0) is 32.0 Å². The van der Waals surface area contributed by atoms with Gasteiger partial charge in [0.2, 0.25) is 17.7 Å². The number of hydrogen-bond donors (Lipinski definition) is 4. The summed E-state index contributed by atoms with van der Waals surface area (Å²) in [5.74, 6) is -1.21. The van der Waals surface area contributed by atoms with E-state index in [0.717, 1.165) is 46.7 Å². The van der Waals surface area contributed by atoms with Crippen LogP contribution in [0.3, 0.4) is 0 Å². The van der Waals surface area contributed by atoms with E-state index in [0.29, 0.717) is 65.0 Å². The number of aryl methyl sites for hydroxylation is 2. The van der Waals surface area contributed by atoms with E-state index in [4.69, 9.17) is 5.11 Å². The summed E-state index contributed by atoms with van der Waals surface area (Å²) in [5.41, 5.74) is 5.40. The molecule has 4 N–H and O–H groups in total. The van der Waals surface area contributed by atoms with Crippen molar-refractivity contribution < 1.29 is 24.3 Å². The molecule has 3 amide bonds. The Hall–Kier alpha value is -5.56. The lowest BCUT2D eigenvalue weighted by Crippen LogP contribution is -2.43. The topological polar surface area (TPSA) is 179 Å². The molecule has 0 aromatic carbocycles. The number of aromatic nitrogens is 4. The minimum absolute atomic E-state index is 0.0414. The third-order valence-corrected chi connectivity index (χ3v) is 8.29. The average molecular weight is 709 g/mol. The van der Waals surface area contributed by atoms with Gasteiger partial charge in [0.15, 0.2) is 0 Å². The number of carbonyl (C=O) groups excluding carboxylic acids is 3. The predicted molar refractivity (Wildman–Crippen MR) is 198 cm³/mol. The maximum absolute atomic E-state index is 12.6. The number of carboxylic acid groups (broad SMARTS) is 1. The molecule has 4 heterocycles. The summed E-state index contributed by atoms with van der Waals surface area (Å²) >= 11 is 0. The van der Waals surface area contributed by atoms with E-state index in [1.807, 2.05) is 60.7 Å². The number of aliphatic carboxylic acids is 1. The van der Waals surface area contributed by atoms with E-state index in [-0.39, 0.29) is 37.0 Å². The molecular formula is C39H48N8O5. The zero-order valence-electron chi connectivity index (χ0n) is 29.5. The number of nitrogens with one attached hydrogen (secondary N) is 3. The summed E-state index contributed by atoms with van der Waals surface area (Å²) < 4.78 is 0. The highest BCUT2D eigenvalue weighted by Crippen LogP contribution is 2.17. The van der Waals surface area contributed by atoms with Crippen LogP contribution in [0.4, 0.5) is 0 Å². The van der Waals surface area contributed by atoms with E-state index in [2.05, 4.69) is 40.8 Å². The van der Waals surface area contributed by atoms with E-state index in [9.17, 15) is 19.2 Å². The third-order valence-electron chi connectivity index (χ3n) is 8.29. The summed E-state index contributed by atoms with van der Waals surface area (Å²) in [6, 6.07) is 19.3. The number of carboxylic acids is 1. The Morgan fingerprint density at radius 2 is 0.942 bits per heavy atom. The Morgan fingerprint density at radius 1 is 0.519 bits per heavy atom. The van der Waals surface area contributed by atoms with Crippen LogP contribution in [-0.4, -0.2) is 92.9 Å². The van der Waals surface area contributed by atoms with Crippen LogP contribution in [0.25, 0.3) is 22.8 Å². The molecule has 0 aliphatic rings. The Labute approximate surface area is 304 Å². The van der Waals surface area contributed by atoms with Crippen molar-refractivity contribution in [2.75, 3.05) is 39.3 Å². The highest BCUT2D eigenvalue weighted by atomic mass is 16.4. The second kappa shape index (κ2) is 22.3. The number of rotatable bonds is 23. The largest absolute Gasteiger partial charge is 0.481 e. The number of carbonyl (C=O) groups is 4. The van der Waals surface area contributed by atoms with Gasteiger partial charge >= 0.3 is 5.97 Å². The predicted octanol–water partition coefficient (Wildman–Crippen LogP) is 3.85. The van der Waals surface area contributed by atoms with Gasteiger partial charge in [-0.15, -0.1) is 0 Å². The number of hydrogen-bond acceptors (Lipinski definition) is 9. The molecule has 13 heteroatoms. The summed E-state index contributed by atoms with van der Waals surface area (Å²) in [4.78, 5) is 67.8. The zero-order chi connectivity index (χ0) is 36.8. The van der Waals surface area contributed by atoms with Gasteiger partial charge in [0.25, 0.3) is 0 Å². The van der Waals surface area contributed by atoms with Gasteiger partial charge in [-0.3, -0.25) is 44.0 Å². The highest BCUT2D eigenvalue weighted by Gasteiger charge is 2.11. The summed E-state index contributed by atoms with van der Waals surface area (Å²) in [5, 5.41) is 17.6. The van der Waals surface area contributed by atoms with Crippen molar-refractivity contribution in [1.29, 1.82) is 0 Å². The average Bonchev–Trinajstić information content (AvgIpc) is 3.15. The van der Waals surface area contributed by atoms with Crippen molar-refractivity contribution in [2.45, 2.75) is 57.8 Å². The number of amides is 3. The molecule has 0 unspecified atom stereocenters. The normalized spacial score (nSPS) is 10.9. The Kier molecular flexibility index (Phi) is 16.8. The second-order valence-corrected chi connectivity index (χ2v) is 12.4. The van der Waals surface area contributed by atoms with Crippen molar-refractivity contribution in [3.05, 3.63) is 96.6 Å². The molecule has 4 aromatic heterocycles. The monoisotopic (exact) mass is 708 g/mol. The van der Waals surface area contributed by atoms with E-state index >= 15 is 0 Å². The van der Waals surface area contributed by atoms with Crippen LogP contribution in [0.15, 0.2) is 85.5 Å². The molecule has 4 rings (SSSR count). The quantitative estimate of drug-likeness (QED) is 0.0885. The molecule has 0 bridgehead atoms. The number of nitrogens with zero attached hydrogens (tertiary/aromatic N) is 5. The van der Waals surface area contributed by atoms with Gasteiger partial charge in [-0.2, -0.15) is 0 Å². The maximum atomic E-state index is 12.6. The van der Waals surface area contributed by atoms with Gasteiger partial charge in [-0.05, 0) is 91.8 Å². The standard InChI is InChI=1S/C39H48N8O5/c48-36(12-5-8-30-16-20-42-34(28-30)32-10-1-3-18-40-32)44-22-25-47(27-24-46-38(50)14-7-15-39(51)52)26-23-45-37(49)13-6-9-31-17-21-43-35(29-31)33-11-2-4-19-41-33/h1-4,10-11,16-21,28-29H,5-9,12-15,22-27H2,(H,44,48)(H,45,49)(H,46,50)(H,51,52).